The van der Waals surface area contributed by atoms with Crippen molar-refractivity contribution in [2.24, 2.45) is 5.92 Å². The summed E-state index contributed by atoms with van der Waals surface area (Å²) in [6, 6.07) is 6.23. The van der Waals surface area contributed by atoms with Gasteiger partial charge < -0.3 is 5.32 Å². The van der Waals surface area contributed by atoms with E-state index in [0.717, 1.165) is 31.8 Å². The van der Waals surface area contributed by atoms with E-state index in [2.05, 4.69) is 17.1 Å². The van der Waals surface area contributed by atoms with Crippen molar-refractivity contribution < 1.29 is 13.2 Å². The van der Waals surface area contributed by atoms with Crippen LogP contribution < -0.4 is 5.32 Å². The minimum absolute atomic E-state index is 0.0653. The van der Waals surface area contributed by atoms with Gasteiger partial charge in [-0.25, -0.2) is 8.42 Å². The van der Waals surface area contributed by atoms with E-state index < -0.39 is 10.0 Å². The van der Waals surface area contributed by atoms with Gasteiger partial charge in [-0.3, -0.25) is 9.69 Å². The highest BCUT2D eigenvalue weighted by Crippen LogP contribution is 2.19. The fraction of sp³-hybridized carbons (Fsp3) is 0.611. The van der Waals surface area contributed by atoms with Crippen molar-refractivity contribution in [2.45, 2.75) is 44.6 Å². The molecule has 1 amide bonds. The number of benzene rings is 1. The van der Waals surface area contributed by atoms with E-state index in [0.29, 0.717) is 12.2 Å². The first-order valence-electron chi connectivity index (χ1n) is 8.80. The first kappa shape index (κ1) is 19.9. The third kappa shape index (κ3) is 5.26. The number of piperidine rings is 1. The lowest BCUT2D eigenvalue weighted by Crippen LogP contribution is -2.38. The summed E-state index contributed by atoms with van der Waals surface area (Å²) >= 11 is 0. The monoisotopic (exact) mass is 367 g/mol. The van der Waals surface area contributed by atoms with Gasteiger partial charge in [0, 0.05) is 18.8 Å². The van der Waals surface area contributed by atoms with Gasteiger partial charge in [0.2, 0.25) is 15.9 Å². The van der Waals surface area contributed by atoms with Crippen molar-refractivity contribution in [1.29, 1.82) is 0 Å². The van der Waals surface area contributed by atoms with Crippen LogP contribution in [-0.4, -0.2) is 56.3 Å². The highest BCUT2D eigenvalue weighted by Gasteiger charge is 2.23. The molecule has 7 heteroatoms. The third-order valence-electron chi connectivity index (χ3n) is 4.79. The average molecular weight is 368 g/mol. The molecule has 1 heterocycles. The Labute approximate surface area is 151 Å². The standard InChI is InChI=1S/C18H29N3O3S/c1-14(2)20(4)25(23,24)17-7-5-16(6-8-17)19-18(22)13-21-11-9-15(3)10-12-21/h5-8,14-15H,9-13H2,1-4H3,(H,19,22). The van der Waals surface area contributed by atoms with Crippen LogP contribution in [0.4, 0.5) is 5.69 Å². The number of sulfonamides is 1. The second-order valence-electron chi connectivity index (χ2n) is 7.15. The van der Waals surface area contributed by atoms with Crippen LogP contribution in [0, 0.1) is 5.92 Å². The Hall–Kier alpha value is -1.44. The van der Waals surface area contributed by atoms with Gasteiger partial charge in [0.1, 0.15) is 0 Å². The SMILES string of the molecule is CC1CCN(CC(=O)Nc2ccc(S(=O)(=O)N(C)C(C)C)cc2)CC1. The molecule has 1 N–H and O–H groups in total. The highest BCUT2D eigenvalue weighted by atomic mass is 32.2. The minimum Gasteiger partial charge on any atom is -0.325 e. The zero-order chi connectivity index (χ0) is 18.6. The van der Waals surface area contributed by atoms with E-state index in [4.69, 9.17) is 0 Å². The Balaban J connectivity index is 1.95. The predicted molar refractivity (Wildman–Crippen MR) is 100.0 cm³/mol. The summed E-state index contributed by atoms with van der Waals surface area (Å²) in [7, 11) is -1.93. The molecule has 1 aromatic rings. The maximum absolute atomic E-state index is 12.4. The van der Waals surface area contributed by atoms with Gasteiger partial charge in [0.05, 0.1) is 11.4 Å². The number of rotatable bonds is 6. The average Bonchev–Trinajstić information content (AvgIpc) is 2.56. The molecule has 0 radical (unpaired) electrons. The fourth-order valence-corrected chi connectivity index (χ4v) is 4.15. The fourth-order valence-electron chi connectivity index (χ4n) is 2.78. The molecular weight excluding hydrogens is 338 g/mol. The molecule has 1 fully saturated rings. The molecule has 1 aromatic carbocycles. The maximum Gasteiger partial charge on any atom is 0.243 e. The minimum atomic E-state index is -3.50. The van der Waals surface area contributed by atoms with Crippen molar-refractivity contribution in [3.63, 3.8) is 0 Å². The van der Waals surface area contributed by atoms with E-state index in [1.165, 1.54) is 16.4 Å². The molecule has 0 spiro atoms. The van der Waals surface area contributed by atoms with Crippen molar-refractivity contribution >= 4 is 21.6 Å². The molecule has 25 heavy (non-hydrogen) atoms. The van der Waals surface area contributed by atoms with Crippen molar-refractivity contribution in [3.8, 4) is 0 Å². The molecule has 6 nitrogen and oxygen atoms in total. The molecule has 140 valence electrons. The van der Waals surface area contributed by atoms with Crippen LogP contribution in [0.5, 0.6) is 0 Å². The lowest BCUT2D eigenvalue weighted by molar-refractivity contribution is -0.117. The van der Waals surface area contributed by atoms with Crippen LogP contribution in [0.3, 0.4) is 0 Å². The summed E-state index contributed by atoms with van der Waals surface area (Å²) in [5, 5.41) is 2.84. The molecule has 0 aliphatic carbocycles. The molecule has 1 aliphatic heterocycles. The number of carbonyl (C=O) groups is 1. The van der Waals surface area contributed by atoms with Gasteiger partial charge in [-0.05, 0) is 70.0 Å². The lowest BCUT2D eigenvalue weighted by atomic mass is 9.99. The summed E-state index contributed by atoms with van der Waals surface area (Å²) < 4.78 is 26.2. The van der Waals surface area contributed by atoms with Crippen LogP contribution in [0.15, 0.2) is 29.2 Å². The molecule has 1 aliphatic rings. The predicted octanol–water partition coefficient (Wildman–Crippen LogP) is 2.39. The van der Waals surface area contributed by atoms with E-state index in [9.17, 15) is 13.2 Å². The van der Waals surface area contributed by atoms with E-state index in [-0.39, 0.29) is 16.8 Å². The molecule has 0 atom stereocenters. The second-order valence-corrected chi connectivity index (χ2v) is 9.14. The van der Waals surface area contributed by atoms with Gasteiger partial charge in [-0.1, -0.05) is 6.92 Å². The van der Waals surface area contributed by atoms with E-state index >= 15 is 0 Å². The quantitative estimate of drug-likeness (QED) is 0.838. The number of hydrogen-bond donors (Lipinski definition) is 1. The molecule has 0 bridgehead atoms. The molecule has 0 unspecified atom stereocenters. The first-order chi connectivity index (χ1) is 11.7. The summed E-state index contributed by atoms with van der Waals surface area (Å²) in [5.41, 5.74) is 0.613. The van der Waals surface area contributed by atoms with Crippen LogP contribution >= 0.6 is 0 Å². The Bertz CT molecular complexity index is 678. The Morgan fingerprint density at radius 3 is 2.32 bits per heavy atom. The van der Waals surface area contributed by atoms with Gasteiger partial charge in [-0.15, -0.1) is 0 Å². The number of carbonyl (C=O) groups excluding carboxylic acids is 1. The molecule has 0 saturated carbocycles. The summed E-state index contributed by atoms with van der Waals surface area (Å²) in [4.78, 5) is 14.5. The Morgan fingerprint density at radius 1 is 1.24 bits per heavy atom. The second kappa shape index (κ2) is 8.29. The van der Waals surface area contributed by atoms with E-state index in [1.54, 1.807) is 19.2 Å². The molecular formula is C18H29N3O3S. The topological polar surface area (TPSA) is 69.7 Å². The van der Waals surface area contributed by atoms with Gasteiger partial charge in [0.15, 0.2) is 0 Å². The number of nitrogens with one attached hydrogen (secondary N) is 1. The summed E-state index contributed by atoms with van der Waals surface area (Å²) in [5.74, 6) is 0.669. The highest BCUT2D eigenvalue weighted by molar-refractivity contribution is 7.89. The normalized spacial score (nSPS) is 17.2. The largest absolute Gasteiger partial charge is 0.325 e. The summed E-state index contributed by atoms with van der Waals surface area (Å²) in [6.07, 6.45) is 2.26. The molecule has 0 aromatic heterocycles. The van der Waals surface area contributed by atoms with Crippen molar-refractivity contribution in [2.75, 3.05) is 32.0 Å². The van der Waals surface area contributed by atoms with Crippen LogP contribution in [-0.2, 0) is 14.8 Å². The third-order valence-corrected chi connectivity index (χ3v) is 6.83. The molecule has 2 rings (SSSR count). The number of nitrogens with zero attached hydrogens (tertiary/aromatic N) is 2. The lowest BCUT2D eigenvalue weighted by Gasteiger charge is -2.29. The van der Waals surface area contributed by atoms with Crippen molar-refractivity contribution in [1.82, 2.24) is 9.21 Å². The number of likely N-dealkylation sites (tertiary alicyclic amines) is 1. The van der Waals surface area contributed by atoms with Gasteiger partial charge >= 0.3 is 0 Å². The zero-order valence-corrected chi connectivity index (χ0v) is 16.3. The van der Waals surface area contributed by atoms with E-state index in [1.807, 2.05) is 13.8 Å². The zero-order valence-electron chi connectivity index (χ0n) is 15.5. The van der Waals surface area contributed by atoms with Crippen LogP contribution in [0.25, 0.3) is 0 Å². The van der Waals surface area contributed by atoms with Crippen LogP contribution in [0.1, 0.15) is 33.6 Å². The number of hydrogen-bond acceptors (Lipinski definition) is 4. The first-order valence-corrected chi connectivity index (χ1v) is 10.2. The Kier molecular flexibility index (Phi) is 6.59. The van der Waals surface area contributed by atoms with Crippen molar-refractivity contribution in [3.05, 3.63) is 24.3 Å². The number of anilines is 1. The maximum atomic E-state index is 12.4. The summed E-state index contributed by atoms with van der Waals surface area (Å²) in [6.45, 7) is 8.17. The van der Waals surface area contributed by atoms with Gasteiger partial charge in [0.25, 0.3) is 0 Å². The van der Waals surface area contributed by atoms with Crippen LogP contribution in [0.2, 0.25) is 0 Å². The van der Waals surface area contributed by atoms with Gasteiger partial charge in [-0.2, -0.15) is 4.31 Å². The molecule has 1 saturated heterocycles. The number of amides is 1. The smallest absolute Gasteiger partial charge is 0.243 e. The Morgan fingerprint density at radius 2 is 1.80 bits per heavy atom.